The molecular weight excluding hydrogens is 196 g/mol. The molecular formula is C6H16N2O6. The summed E-state index contributed by atoms with van der Waals surface area (Å²) in [5.74, 6) is 4.75. The topological polar surface area (TPSA) is 159 Å². The number of hydrogen-bond acceptors (Lipinski definition) is 8. The molecule has 0 aromatic heterocycles. The van der Waals surface area contributed by atoms with Gasteiger partial charge in [-0.15, -0.1) is 0 Å². The van der Waals surface area contributed by atoms with E-state index in [1.807, 2.05) is 0 Å². The van der Waals surface area contributed by atoms with Gasteiger partial charge in [-0.05, 0) is 0 Å². The fourth-order valence-corrected chi connectivity index (χ4v) is 0.823. The zero-order valence-electron chi connectivity index (χ0n) is 7.35. The van der Waals surface area contributed by atoms with E-state index in [2.05, 4.69) is 0 Å². The van der Waals surface area contributed by atoms with Crippen molar-refractivity contribution in [1.29, 1.82) is 0 Å². The highest BCUT2D eigenvalue weighted by Crippen LogP contribution is 2.06. The molecule has 8 nitrogen and oxygen atoms in total. The van der Waals surface area contributed by atoms with E-state index in [1.165, 1.54) is 0 Å². The van der Waals surface area contributed by atoms with E-state index < -0.39 is 37.3 Å². The summed E-state index contributed by atoms with van der Waals surface area (Å²) in [6, 6.07) is 0. The van der Waals surface area contributed by atoms with E-state index >= 15 is 0 Å². The van der Waals surface area contributed by atoms with Crippen molar-refractivity contribution in [2.75, 3.05) is 6.61 Å². The molecule has 86 valence electrons. The van der Waals surface area contributed by atoms with Crippen molar-refractivity contribution in [3.63, 3.8) is 0 Å². The van der Waals surface area contributed by atoms with E-state index in [4.69, 9.17) is 36.5 Å². The van der Waals surface area contributed by atoms with Crippen molar-refractivity contribution in [2.24, 2.45) is 5.84 Å². The lowest BCUT2D eigenvalue weighted by Crippen LogP contribution is -2.55. The molecule has 0 saturated carbocycles. The van der Waals surface area contributed by atoms with Gasteiger partial charge in [0.05, 0.1) is 6.61 Å². The van der Waals surface area contributed by atoms with E-state index in [1.54, 1.807) is 5.43 Å². The first-order valence-corrected chi connectivity index (χ1v) is 3.93. The summed E-state index contributed by atoms with van der Waals surface area (Å²) < 4.78 is 0. The Morgan fingerprint density at radius 3 is 1.79 bits per heavy atom. The predicted molar refractivity (Wildman–Crippen MR) is 44.4 cm³/mol. The lowest BCUT2D eigenvalue weighted by Gasteiger charge is -2.27. The van der Waals surface area contributed by atoms with Crippen molar-refractivity contribution < 1.29 is 30.6 Å². The Hall–Kier alpha value is -0.320. The highest BCUT2D eigenvalue weighted by atomic mass is 16.4. The molecule has 0 aromatic rings. The molecule has 14 heavy (non-hydrogen) atoms. The molecule has 0 aliphatic carbocycles. The normalized spacial score (nSPS) is 22.5. The number of hydrogen-bond donors (Lipinski definition) is 8. The van der Waals surface area contributed by atoms with Crippen LogP contribution in [0.25, 0.3) is 0 Å². The lowest BCUT2D eigenvalue weighted by atomic mass is 10.0. The fourth-order valence-electron chi connectivity index (χ4n) is 0.823. The number of aliphatic hydroxyl groups excluding tert-OH is 6. The molecule has 0 amide bonds. The summed E-state index contributed by atoms with van der Waals surface area (Å²) in [6.45, 7) is -0.781. The maximum atomic E-state index is 9.16. The molecule has 0 heterocycles. The Balaban J connectivity index is 4.22. The van der Waals surface area contributed by atoms with Crippen LogP contribution in [0.1, 0.15) is 0 Å². The zero-order valence-corrected chi connectivity index (χ0v) is 7.35. The molecule has 0 fully saturated rings. The van der Waals surface area contributed by atoms with Gasteiger partial charge in [-0.25, -0.2) is 5.43 Å². The predicted octanol–water partition coefficient (Wildman–Crippen LogP) is -4.80. The molecule has 0 aliphatic heterocycles. The van der Waals surface area contributed by atoms with Crippen molar-refractivity contribution >= 4 is 0 Å². The van der Waals surface area contributed by atoms with Crippen molar-refractivity contribution in [3.05, 3.63) is 0 Å². The lowest BCUT2D eigenvalue weighted by molar-refractivity contribution is -0.145. The summed E-state index contributed by atoms with van der Waals surface area (Å²) in [6.07, 6.45) is -8.65. The van der Waals surface area contributed by atoms with Gasteiger partial charge in [0.2, 0.25) is 0 Å². The maximum absolute atomic E-state index is 9.16. The second-order valence-corrected chi connectivity index (χ2v) is 2.83. The summed E-state index contributed by atoms with van der Waals surface area (Å²) in [5.41, 5.74) is 1.75. The van der Waals surface area contributed by atoms with Crippen LogP contribution in [0.5, 0.6) is 0 Å². The van der Waals surface area contributed by atoms with Crippen LogP contribution in [-0.2, 0) is 0 Å². The largest absolute Gasteiger partial charge is 0.394 e. The molecule has 0 bridgehead atoms. The van der Waals surface area contributed by atoms with Crippen LogP contribution in [0.2, 0.25) is 0 Å². The number of hydrazine groups is 1. The molecule has 9 N–H and O–H groups in total. The number of nitrogens with one attached hydrogen (secondary N) is 1. The van der Waals surface area contributed by atoms with Crippen LogP contribution in [0.15, 0.2) is 0 Å². The van der Waals surface area contributed by atoms with E-state index in [9.17, 15) is 0 Å². The maximum Gasteiger partial charge on any atom is 0.145 e. The Morgan fingerprint density at radius 2 is 1.43 bits per heavy atom. The second kappa shape index (κ2) is 6.22. The molecule has 0 aliphatic rings. The minimum Gasteiger partial charge on any atom is -0.394 e. The van der Waals surface area contributed by atoms with Gasteiger partial charge >= 0.3 is 0 Å². The first-order chi connectivity index (χ1) is 6.45. The molecule has 1 unspecified atom stereocenters. The fraction of sp³-hybridized carbons (Fsp3) is 1.00. The Kier molecular flexibility index (Phi) is 6.08. The molecule has 0 saturated heterocycles. The van der Waals surface area contributed by atoms with Gasteiger partial charge in [0.1, 0.15) is 30.6 Å². The molecule has 0 aromatic carbocycles. The van der Waals surface area contributed by atoms with Crippen LogP contribution in [0, 0.1) is 0 Å². The standard InChI is InChI=1S/C6H16N2O6/c7-8-6(14)5(13)4(12)3(11)2(10)1-9/h2-6,8-14H,1,7H2/t2-,3-,4-,5+,6?/m1/s1. The third kappa shape index (κ3) is 3.44. The van der Waals surface area contributed by atoms with Crippen LogP contribution >= 0.6 is 0 Å². The van der Waals surface area contributed by atoms with Crippen LogP contribution in [-0.4, -0.2) is 67.9 Å². The van der Waals surface area contributed by atoms with Crippen LogP contribution in [0.3, 0.4) is 0 Å². The van der Waals surface area contributed by atoms with Gasteiger partial charge < -0.3 is 30.6 Å². The summed E-state index contributed by atoms with van der Waals surface area (Å²) in [5, 5.41) is 53.6. The first-order valence-electron chi connectivity index (χ1n) is 3.93. The SMILES string of the molecule is NNC(O)[C@@H](O)[C@H](O)[C@H](O)[C@H](O)CO. The minimum atomic E-state index is -1.83. The third-order valence-electron chi connectivity index (χ3n) is 1.78. The third-order valence-corrected chi connectivity index (χ3v) is 1.78. The first kappa shape index (κ1) is 13.7. The quantitative estimate of drug-likeness (QED) is 0.124. The highest BCUT2D eigenvalue weighted by molar-refractivity contribution is 4.82. The highest BCUT2D eigenvalue weighted by Gasteiger charge is 2.33. The van der Waals surface area contributed by atoms with Crippen molar-refractivity contribution in [1.82, 2.24) is 5.43 Å². The summed E-state index contributed by atoms with van der Waals surface area (Å²) >= 11 is 0. The Labute approximate surface area is 80.2 Å². The molecule has 0 spiro atoms. The van der Waals surface area contributed by atoms with Crippen LogP contribution in [0.4, 0.5) is 0 Å². The van der Waals surface area contributed by atoms with Gasteiger partial charge in [0.25, 0.3) is 0 Å². The molecule has 8 heteroatoms. The van der Waals surface area contributed by atoms with Gasteiger partial charge in [-0.1, -0.05) is 0 Å². The molecule has 0 rings (SSSR count). The summed E-state index contributed by atoms with van der Waals surface area (Å²) in [4.78, 5) is 0. The van der Waals surface area contributed by atoms with Crippen LogP contribution < -0.4 is 11.3 Å². The van der Waals surface area contributed by atoms with E-state index in [0.717, 1.165) is 0 Å². The second-order valence-electron chi connectivity index (χ2n) is 2.83. The smallest absolute Gasteiger partial charge is 0.145 e. The van der Waals surface area contributed by atoms with Gasteiger partial charge in [-0.2, -0.15) is 0 Å². The number of rotatable bonds is 6. The Morgan fingerprint density at radius 1 is 0.929 bits per heavy atom. The molecule has 0 radical (unpaired) electrons. The van der Waals surface area contributed by atoms with Crippen molar-refractivity contribution in [3.8, 4) is 0 Å². The van der Waals surface area contributed by atoms with Gasteiger partial charge in [-0.3, -0.25) is 5.84 Å². The average Bonchev–Trinajstić information content (AvgIpc) is 2.23. The molecule has 5 atom stereocenters. The monoisotopic (exact) mass is 212 g/mol. The minimum absolute atomic E-state index is 0.781. The Bertz CT molecular complexity index is 143. The van der Waals surface area contributed by atoms with Gasteiger partial charge in [0.15, 0.2) is 0 Å². The van der Waals surface area contributed by atoms with Crippen molar-refractivity contribution in [2.45, 2.75) is 30.6 Å². The van der Waals surface area contributed by atoms with Gasteiger partial charge in [0, 0.05) is 0 Å². The average molecular weight is 212 g/mol. The number of nitrogens with two attached hydrogens (primary N) is 1. The number of aliphatic hydroxyl groups is 6. The zero-order chi connectivity index (χ0) is 11.3. The van der Waals surface area contributed by atoms with E-state index in [0.29, 0.717) is 0 Å². The van der Waals surface area contributed by atoms with E-state index in [-0.39, 0.29) is 0 Å². The summed E-state index contributed by atoms with van der Waals surface area (Å²) in [7, 11) is 0.